The Morgan fingerprint density at radius 2 is 1.71 bits per heavy atom. The van der Waals surface area contributed by atoms with E-state index in [2.05, 4.69) is 10.6 Å². The Bertz CT molecular complexity index is 1400. The van der Waals surface area contributed by atoms with Gasteiger partial charge in [-0.25, -0.2) is 4.79 Å². The van der Waals surface area contributed by atoms with Crippen LogP contribution < -0.4 is 22.1 Å². The van der Waals surface area contributed by atoms with Gasteiger partial charge in [0.15, 0.2) is 5.11 Å². The molecule has 9 heteroatoms. The molecule has 3 aromatic carbocycles. The van der Waals surface area contributed by atoms with Crippen LogP contribution in [0.4, 0.5) is 11.4 Å². The number of thiocarbonyl (C=S) groups is 2. The number of fused-ring (bicyclic) bond motifs is 1. The van der Waals surface area contributed by atoms with Crippen LogP contribution in [0.25, 0.3) is 10.9 Å². The quantitative estimate of drug-likeness (QED) is 0.195. The van der Waals surface area contributed by atoms with Crippen LogP contribution in [-0.4, -0.2) is 25.7 Å². The Labute approximate surface area is 207 Å². The highest BCUT2D eigenvalue weighted by Gasteiger charge is 2.19. The number of carboxylic acids is 1. The number of aromatic nitrogens is 1. The van der Waals surface area contributed by atoms with Crippen molar-refractivity contribution >= 4 is 62.8 Å². The molecule has 4 rings (SSSR count). The third-order valence-corrected chi connectivity index (χ3v) is 5.91. The first kappa shape index (κ1) is 23.2. The average Bonchev–Trinajstić information content (AvgIpc) is 3.19. The number of carbonyl (C=O) groups is 1. The number of rotatable bonds is 7. The van der Waals surface area contributed by atoms with E-state index >= 15 is 0 Å². The maximum atomic E-state index is 12.1. The molecule has 0 bridgehead atoms. The highest BCUT2D eigenvalue weighted by atomic mass is 32.1. The van der Waals surface area contributed by atoms with Crippen molar-refractivity contribution in [3.63, 3.8) is 0 Å². The summed E-state index contributed by atoms with van der Waals surface area (Å²) in [6.07, 6.45) is 0. The predicted molar refractivity (Wildman–Crippen MR) is 144 cm³/mol. The highest BCUT2D eigenvalue weighted by molar-refractivity contribution is 7.80. The van der Waals surface area contributed by atoms with Crippen LogP contribution in [0.5, 0.6) is 0 Å². The molecule has 0 unspecified atom stereocenters. The number of nitrogens with one attached hydrogen (secondary N) is 2. The molecule has 4 aromatic rings. The minimum Gasteiger partial charge on any atom is -0.477 e. The van der Waals surface area contributed by atoms with E-state index in [-0.39, 0.29) is 10.7 Å². The minimum absolute atomic E-state index is 0.132. The van der Waals surface area contributed by atoms with Gasteiger partial charge in [0.2, 0.25) is 0 Å². The van der Waals surface area contributed by atoms with Gasteiger partial charge in [-0.1, -0.05) is 60.7 Å². The number of nitrogen functional groups attached to an aromatic ring is 1. The summed E-state index contributed by atoms with van der Waals surface area (Å²) in [5, 5.41) is 17.2. The molecule has 7 N–H and O–H groups in total. The first-order valence-electron chi connectivity index (χ1n) is 10.5. The first-order valence-corrected chi connectivity index (χ1v) is 11.3. The van der Waals surface area contributed by atoms with Crippen molar-refractivity contribution < 1.29 is 9.90 Å². The van der Waals surface area contributed by atoms with Gasteiger partial charge < -0.3 is 31.8 Å². The summed E-state index contributed by atoms with van der Waals surface area (Å²) in [6, 6.07) is 22.4. The van der Waals surface area contributed by atoms with Crippen molar-refractivity contribution in [2.75, 3.05) is 11.1 Å². The number of hydrogen-bond acceptors (Lipinski definition) is 4. The summed E-state index contributed by atoms with van der Waals surface area (Å²) < 4.78 is 1.72. The molecule has 0 amide bonds. The lowest BCUT2D eigenvalue weighted by molar-refractivity contribution is 0.0686. The lowest BCUT2D eigenvalue weighted by Gasteiger charge is -2.14. The van der Waals surface area contributed by atoms with E-state index in [1.807, 2.05) is 54.6 Å². The summed E-state index contributed by atoms with van der Waals surface area (Å²) in [7, 11) is 0. The molecule has 0 saturated carbocycles. The van der Waals surface area contributed by atoms with Crippen LogP contribution in [0.1, 0.15) is 27.2 Å². The van der Waals surface area contributed by atoms with E-state index in [4.69, 9.17) is 35.9 Å². The number of benzene rings is 3. The number of aromatic carboxylic acids is 1. The second-order valence-corrected chi connectivity index (χ2v) is 8.59. The molecule has 0 aliphatic carbocycles. The topological polar surface area (TPSA) is 118 Å². The zero-order chi connectivity index (χ0) is 24.2. The molecule has 34 heavy (non-hydrogen) atoms. The SMILES string of the molecule is NC(=S)c1cccc(Cn2c(C(=O)O)cc3c(NC(=S)NCc4ccccc4)c(N)ccc32)c1. The highest BCUT2D eigenvalue weighted by Crippen LogP contribution is 2.33. The van der Waals surface area contributed by atoms with E-state index in [1.165, 1.54) is 0 Å². The van der Waals surface area contributed by atoms with Gasteiger partial charge in [-0.15, -0.1) is 0 Å². The molecule has 0 atom stereocenters. The van der Waals surface area contributed by atoms with Crippen molar-refractivity contribution in [2.24, 2.45) is 5.73 Å². The van der Waals surface area contributed by atoms with Gasteiger partial charge >= 0.3 is 5.97 Å². The number of hydrogen-bond donors (Lipinski definition) is 5. The van der Waals surface area contributed by atoms with Crippen molar-refractivity contribution in [3.05, 3.63) is 95.2 Å². The molecule has 1 heterocycles. The van der Waals surface area contributed by atoms with Crippen LogP contribution in [0, 0.1) is 0 Å². The second kappa shape index (κ2) is 9.90. The van der Waals surface area contributed by atoms with Crippen molar-refractivity contribution in [1.29, 1.82) is 0 Å². The second-order valence-electron chi connectivity index (χ2n) is 7.74. The standard InChI is InChI=1S/C25H23N5O2S2/c26-19-9-10-20-18(22(19)29-25(34)28-13-15-5-2-1-3-6-15)12-21(24(31)32)30(20)14-16-7-4-8-17(11-16)23(27)33/h1-12H,13-14,26H2,(H2,27,33)(H,31,32)(H2,28,29,34). The lowest BCUT2D eigenvalue weighted by atomic mass is 10.1. The molecule has 7 nitrogen and oxygen atoms in total. The van der Waals surface area contributed by atoms with Gasteiger partial charge in [0.25, 0.3) is 0 Å². The average molecular weight is 490 g/mol. The van der Waals surface area contributed by atoms with Crippen LogP contribution >= 0.6 is 24.4 Å². The number of anilines is 2. The lowest BCUT2D eigenvalue weighted by Crippen LogP contribution is -2.28. The molecular formula is C25H23N5O2S2. The maximum Gasteiger partial charge on any atom is 0.352 e. The molecule has 1 aromatic heterocycles. The van der Waals surface area contributed by atoms with Gasteiger partial charge in [-0.2, -0.15) is 0 Å². The molecule has 0 saturated heterocycles. The summed E-state index contributed by atoms with van der Waals surface area (Å²) in [4.78, 5) is 12.4. The fraction of sp³-hybridized carbons (Fsp3) is 0.0800. The van der Waals surface area contributed by atoms with Crippen molar-refractivity contribution in [1.82, 2.24) is 9.88 Å². The van der Waals surface area contributed by atoms with Crippen molar-refractivity contribution in [3.8, 4) is 0 Å². The van der Waals surface area contributed by atoms with Crippen LogP contribution in [0.3, 0.4) is 0 Å². The normalized spacial score (nSPS) is 10.7. The Kier molecular flexibility index (Phi) is 6.76. The monoisotopic (exact) mass is 489 g/mol. The van der Waals surface area contributed by atoms with E-state index in [1.54, 1.807) is 22.8 Å². The zero-order valence-corrected chi connectivity index (χ0v) is 19.7. The third-order valence-electron chi connectivity index (χ3n) is 5.42. The fourth-order valence-corrected chi connectivity index (χ4v) is 4.08. The van der Waals surface area contributed by atoms with E-state index in [0.717, 1.165) is 16.7 Å². The van der Waals surface area contributed by atoms with Gasteiger partial charge in [-0.3, -0.25) is 0 Å². The van der Waals surface area contributed by atoms with Crippen molar-refractivity contribution in [2.45, 2.75) is 13.1 Å². The van der Waals surface area contributed by atoms with Crippen LogP contribution in [-0.2, 0) is 13.1 Å². The zero-order valence-electron chi connectivity index (χ0n) is 18.1. The smallest absolute Gasteiger partial charge is 0.352 e. The molecule has 0 aliphatic heterocycles. The van der Waals surface area contributed by atoms with Crippen LogP contribution in [0.2, 0.25) is 0 Å². The Hall–Kier alpha value is -3.95. The number of nitrogens with zero attached hydrogens (tertiary/aromatic N) is 1. The minimum atomic E-state index is -1.05. The number of carboxylic acid groups (broad SMARTS) is 1. The third kappa shape index (κ3) is 5.00. The molecule has 172 valence electrons. The maximum absolute atomic E-state index is 12.1. The molecule has 0 spiro atoms. The summed E-state index contributed by atoms with van der Waals surface area (Å²) >= 11 is 10.5. The van der Waals surface area contributed by atoms with Gasteiger partial charge in [0.1, 0.15) is 10.7 Å². The summed E-state index contributed by atoms with van der Waals surface area (Å²) in [6.45, 7) is 0.866. The van der Waals surface area contributed by atoms with Crippen LogP contribution in [0.15, 0.2) is 72.8 Å². The summed E-state index contributed by atoms with van der Waals surface area (Å²) in [5.74, 6) is -1.05. The number of nitrogens with two attached hydrogens (primary N) is 2. The Morgan fingerprint density at radius 1 is 0.971 bits per heavy atom. The first-order chi connectivity index (χ1) is 16.3. The molecular weight excluding hydrogens is 466 g/mol. The van der Waals surface area contributed by atoms with E-state index < -0.39 is 5.97 Å². The molecule has 0 fully saturated rings. The molecule has 0 radical (unpaired) electrons. The van der Waals surface area contributed by atoms with Gasteiger partial charge in [-0.05, 0) is 47.6 Å². The van der Waals surface area contributed by atoms with E-state index in [0.29, 0.717) is 40.5 Å². The fourth-order valence-electron chi connectivity index (χ4n) is 3.78. The van der Waals surface area contributed by atoms with Gasteiger partial charge in [0.05, 0.1) is 16.9 Å². The Morgan fingerprint density at radius 3 is 2.41 bits per heavy atom. The van der Waals surface area contributed by atoms with E-state index in [9.17, 15) is 9.90 Å². The molecule has 0 aliphatic rings. The predicted octanol–water partition coefficient (Wildman–Crippen LogP) is 4.09. The van der Waals surface area contributed by atoms with Gasteiger partial charge in [0, 0.05) is 24.0 Å². The summed E-state index contributed by atoms with van der Waals surface area (Å²) in [5.41, 5.74) is 16.5. The Balaban J connectivity index is 1.67. The largest absolute Gasteiger partial charge is 0.477 e.